The Morgan fingerprint density at radius 1 is 1.35 bits per heavy atom. The van der Waals surface area contributed by atoms with Crippen LogP contribution in [0.3, 0.4) is 0 Å². The van der Waals surface area contributed by atoms with Crippen molar-refractivity contribution in [3.8, 4) is 0 Å². The number of hydrogen-bond acceptors (Lipinski definition) is 4. The summed E-state index contributed by atoms with van der Waals surface area (Å²) in [4.78, 5) is 25.2. The Balaban J connectivity index is 0.00000264. The number of nitrogens with one attached hydrogen (secondary N) is 1. The number of carbonyl (C=O) groups excluding carboxylic acids is 2. The highest BCUT2D eigenvalue weighted by molar-refractivity contribution is 5.96. The molecule has 1 heterocycles. The third kappa shape index (κ3) is 5.20. The third-order valence-corrected chi connectivity index (χ3v) is 4.05. The number of halogens is 1. The molecule has 0 spiro atoms. The van der Waals surface area contributed by atoms with E-state index >= 15 is 0 Å². The molecule has 0 bridgehead atoms. The quantitative estimate of drug-likeness (QED) is 0.874. The molecule has 0 saturated carbocycles. The molecule has 0 aliphatic carbocycles. The summed E-state index contributed by atoms with van der Waals surface area (Å²) in [6, 6.07) is 6.61. The second kappa shape index (κ2) is 8.86. The van der Waals surface area contributed by atoms with Crippen molar-refractivity contribution in [1.82, 2.24) is 0 Å². The molecule has 0 aromatic heterocycles. The third-order valence-electron chi connectivity index (χ3n) is 4.05. The van der Waals surface area contributed by atoms with Crippen LogP contribution in [0.4, 0.5) is 11.4 Å². The van der Waals surface area contributed by atoms with Gasteiger partial charge in [0.2, 0.25) is 11.8 Å². The summed E-state index contributed by atoms with van der Waals surface area (Å²) in [5, 5.41) is 2.83. The standard InChI is InChI=1S/C16H23N3O3.ClH/c1-11(20)19(2)14-5-3-4-13(10-14)18-16(21)15(17)12-6-8-22-9-7-12;/h3-5,10,12,15H,6-9,17H2,1-2H3,(H,18,21);1H. The number of nitrogens with zero attached hydrogens (tertiary/aromatic N) is 1. The number of hydrogen-bond donors (Lipinski definition) is 2. The summed E-state index contributed by atoms with van der Waals surface area (Å²) in [6.07, 6.45) is 1.61. The van der Waals surface area contributed by atoms with Crippen LogP contribution >= 0.6 is 12.4 Å². The molecule has 128 valence electrons. The van der Waals surface area contributed by atoms with Crippen LogP contribution in [0.25, 0.3) is 0 Å². The first-order valence-electron chi connectivity index (χ1n) is 7.47. The van der Waals surface area contributed by atoms with Crippen molar-refractivity contribution in [1.29, 1.82) is 0 Å². The molecule has 1 fully saturated rings. The Morgan fingerprint density at radius 2 is 2.00 bits per heavy atom. The minimum atomic E-state index is -0.543. The van der Waals surface area contributed by atoms with E-state index in [9.17, 15) is 9.59 Å². The van der Waals surface area contributed by atoms with Gasteiger partial charge in [-0.1, -0.05) is 6.07 Å². The molecule has 1 aromatic carbocycles. The van der Waals surface area contributed by atoms with E-state index < -0.39 is 6.04 Å². The summed E-state index contributed by atoms with van der Waals surface area (Å²) < 4.78 is 5.29. The Morgan fingerprint density at radius 3 is 2.61 bits per heavy atom. The van der Waals surface area contributed by atoms with Gasteiger partial charge in [0.1, 0.15) is 0 Å². The van der Waals surface area contributed by atoms with Crippen LogP contribution in [-0.4, -0.2) is 38.1 Å². The first-order chi connectivity index (χ1) is 10.5. The van der Waals surface area contributed by atoms with E-state index in [-0.39, 0.29) is 30.1 Å². The van der Waals surface area contributed by atoms with Gasteiger partial charge in [0.15, 0.2) is 0 Å². The number of carbonyl (C=O) groups is 2. The monoisotopic (exact) mass is 341 g/mol. The predicted molar refractivity (Wildman–Crippen MR) is 92.9 cm³/mol. The zero-order chi connectivity index (χ0) is 16.1. The molecule has 2 amide bonds. The van der Waals surface area contributed by atoms with Crippen LogP contribution in [0.5, 0.6) is 0 Å². The topological polar surface area (TPSA) is 84.7 Å². The number of benzene rings is 1. The van der Waals surface area contributed by atoms with Crippen LogP contribution in [0.2, 0.25) is 0 Å². The first-order valence-corrected chi connectivity index (χ1v) is 7.47. The molecule has 1 saturated heterocycles. The van der Waals surface area contributed by atoms with E-state index in [1.165, 1.54) is 11.8 Å². The van der Waals surface area contributed by atoms with Gasteiger partial charge in [0.05, 0.1) is 6.04 Å². The van der Waals surface area contributed by atoms with Crippen molar-refractivity contribution in [2.24, 2.45) is 11.7 Å². The molecule has 1 aromatic rings. The Hall–Kier alpha value is -1.63. The molecular weight excluding hydrogens is 318 g/mol. The fourth-order valence-electron chi connectivity index (χ4n) is 2.49. The second-order valence-electron chi connectivity index (χ2n) is 5.59. The summed E-state index contributed by atoms with van der Waals surface area (Å²) in [6.45, 7) is 2.81. The van der Waals surface area contributed by atoms with E-state index in [4.69, 9.17) is 10.5 Å². The maximum atomic E-state index is 12.3. The zero-order valence-corrected chi connectivity index (χ0v) is 14.3. The molecule has 1 atom stereocenters. The lowest BCUT2D eigenvalue weighted by Crippen LogP contribution is -2.44. The van der Waals surface area contributed by atoms with Crippen LogP contribution in [0.1, 0.15) is 19.8 Å². The number of amides is 2. The fourth-order valence-corrected chi connectivity index (χ4v) is 2.49. The van der Waals surface area contributed by atoms with E-state index in [1.54, 1.807) is 25.2 Å². The summed E-state index contributed by atoms with van der Waals surface area (Å²) in [5.41, 5.74) is 7.42. The molecule has 3 N–H and O–H groups in total. The van der Waals surface area contributed by atoms with E-state index in [1.807, 2.05) is 6.07 Å². The number of ether oxygens (including phenoxy) is 1. The van der Waals surface area contributed by atoms with Gasteiger partial charge < -0.3 is 20.7 Å². The lowest BCUT2D eigenvalue weighted by molar-refractivity contribution is -0.119. The molecule has 23 heavy (non-hydrogen) atoms. The Kier molecular flexibility index (Phi) is 7.48. The van der Waals surface area contributed by atoms with E-state index in [0.29, 0.717) is 18.9 Å². The summed E-state index contributed by atoms with van der Waals surface area (Å²) >= 11 is 0. The smallest absolute Gasteiger partial charge is 0.241 e. The van der Waals surface area contributed by atoms with Crippen molar-refractivity contribution >= 4 is 35.6 Å². The van der Waals surface area contributed by atoms with Crippen molar-refractivity contribution in [3.05, 3.63) is 24.3 Å². The molecule has 6 nitrogen and oxygen atoms in total. The highest BCUT2D eigenvalue weighted by Gasteiger charge is 2.26. The Bertz CT molecular complexity index is 547. The van der Waals surface area contributed by atoms with E-state index in [0.717, 1.165) is 18.5 Å². The van der Waals surface area contributed by atoms with Crippen LogP contribution in [0, 0.1) is 5.92 Å². The molecule has 7 heteroatoms. The number of nitrogens with two attached hydrogens (primary N) is 1. The van der Waals surface area contributed by atoms with Crippen molar-refractivity contribution in [2.45, 2.75) is 25.8 Å². The molecule has 1 unspecified atom stereocenters. The molecular formula is C16H24ClN3O3. The summed E-state index contributed by atoms with van der Waals surface area (Å²) in [5.74, 6) is -0.117. The van der Waals surface area contributed by atoms with Crippen LogP contribution in [-0.2, 0) is 14.3 Å². The van der Waals surface area contributed by atoms with Gasteiger partial charge in [-0.15, -0.1) is 12.4 Å². The predicted octanol–water partition coefficient (Wildman–Crippen LogP) is 1.78. The van der Waals surface area contributed by atoms with Crippen LogP contribution < -0.4 is 16.0 Å². The average Bonchev–Trinajstić information content (AvgIpc) is 2.54. The SMILES string of the molecule is CC(=O)N(C)c1cccc(NC(=O)C(N)C2CCOCC2)c1.Cl. The van der Waals surface area contributed by atoms with Gasteiger partial charge in [-0.25, -0.2) is 0 Å². The fraction of sp³-hybridized carbons (Fsp3) is 0.500. The Labute approximate surface area is 142 Å². The van der Waals surface area contributed by atoms with Gasteiger partial charge in [-0.05, 0) is 37.0 Å². The largest absolute Gasteiger partial charge is 0.381 e. The molecule has 1 aliphatic heterocycles. The van der Waals surface area contributed by atoms with E-state index in [2.05, 4.69) is 5.32 Å². The first kappa shape index (κ1) is 19.4. The minimum absolute atomic E-state index is 0. The molecule has 2 rings (SSSR count). The van der Waals surface area contributed by atoms with Gasteiger partial charge in [-0.3, -0.25) is 9.59 Å². The van der Waals surface area contributed by atoms with Gasteiger partial charge >= 0.3 is 0 Å². The average molecular weight is 342 g/mol. The van der Waals surface area contributed by atoms with Crippen molar-refractivity contribution < 1.29 is 14.3 Å². The highest BCUT2D eigenvalue weighted by Crippen LogP contribution is 2.21. The normalized spacial score (nSPS) is 16.1. The van der Waals surface area contributed by atoms with Crippen molar-refractivity contribution in [3.63, 3.8) is 0 Å². The molecule has 0 radical (unpaired) electrons. The van der Waals surface area contributed by atoms with Gasteiger partial charge in [0.25, 0.3) is 0 Å². The van der Waals surface area contributed by atoms with Gasteiger partial charge in [-0.2, -0.15) is 0 Å². The number of rotatable bonds is 4. The minimum Gasteiger partial charge on any atom is -0.381 e. The zero-order valence-electron chi connectivity index (χ0n) is 13.5. The lowest BCUT2D eigenvalue weighted by Gasteiger charge is -2.26. The lowest BCUT2D eigenvalue weighted by atomic mass is 9.92. The van der Waals surface area contributed by atoms with Gasteiger partial charge in [0, 0.05) is 38.6 Å². The maximum absolute atomic E-state index is 12.3. The van der Waals surface area contributed by atoms with Crippen LogP contribution in [0.15, 0.2) is 24.3 Å². The summed E-state index contributed by atoms with van der Waals surface area (Å²) in [7, 11) is 1.69. The maximum Gasteiger partial charge on any atom is 0.241 e. The van der Waals surface area contributed by atoms with Crippen molar-refractivity contribution in [2.75, 3.05) is 30.5 Å². The molecule has 1 aliphatic rings. The number of anilines is 2. The highest BCUT2D eigenvalue weighted by atomic mass is 35.5. The second-order valence-corrected chi connectivity index (χ2v) is 5.59.